The van der Waals surface area contributed by atoms with Gasteiger partial charge < -0.3 is 17.7 Å². The summed E-state index contributed by atoms with van der Waals surface area (Å²) in [6.45, 7) is -5.47. The molecule has 0 amide bonds. The molecule has 0 fully saturated rings. The van der Waals surface area contributed by atoms with Crippen molar-refractivity contribution in [3.8, 4) is 0 Å². The molecular weight excluding hydrogens is 254 g/mol. The number of esters is 1. The van der Waals surface area contributed by atoms with Crippen molar-refractivity contribution in [1.29, 1.82) is 0 Å². The quantitative estimate of drug-likeness (QED) is 0.374. The van der Waals surface area contributed by atoms with Crippen LogP contribution in [0.5, 0.6) is 0 Å². The number of hydrogen-bond donors (Lipinski definition) is 0. The zero-order chi connectivity index (χ0) is 11.6. The summed E-state index contributed by atoms with van der Waals surface area (Å²) < 4.78 is 53.8. The molecule has 0 bridgehead atoms. The first-order valence-corrected chi connectivity index (χ1v) is 3.94. The third-order valence-corrected chi connectivity index (χ3v) is 1.77. The molecule has 0 atom stereocenters. The molecule has 82 valence electrons. The van der Waals surface area contributed by atoms with E-state index < -0.39 is 24.2 Å². The van der Waals surface area contributed by atoms with Gasteiger partial charge in [-0.3, -0.25) is 0 Å². The Labute approximate surface area is 132 Å². The Balaban J connectivity index is 0.00000225. The van der Waals surface area contributed by atoms with E-state index in [1.54, 1.807) is 0 Å². The molecule has 1 aromatic rings. The molecule has 0 aliphatic carbocycles. The average molecular weight is 260 g/mol. The summed E-state index contributed by atoms with van der Waals surface area (Å²) in [6, 6.07) is 1.98. The minimum Gasteiger partial charge on any atom is -0.465 e. The fourth-order valence-electron chi connectivity index (χ4n) is 1.04. The van der Waals surface area contributed by atoms with Crippen LogP contribution in [0.4, 0.5) is 17.3 Å². The molecule has 0 saturated heterocycles. The Kier molecular flexibility index (Phi) is 6.20. The third-order valence-electron chi connectivity index (χ3n) is 1.77. The average Bonchev–Trinajstić information content (AvgIpc) is 2.15. The van der Waals surface area contributed by atoms with E-state index in [9.17, 15) is 22.1 Å². The zero-order valence-electron chi connectivity index (χ0n) is 8.64. The Morgan fingerprint density at radius 1 is 1.31 bits per heavy atom. The largest absolute Gasteiger partial charge is 1.00 e. The molecule has 0 radical (unpaired) electrons. The van der Waals surface area contributed by atoms with Gasteiger partial charge in [0.15, 0.2) is 0 Å². The Bertz CT molecular complexity index is 394. The van der Waals surface area contributed by atoms with E-state index in [4.69, 9.17) is 0 Å². The van der Waals surface area contributed by atoms with E-state index in [2.05, 4.69) is 4.74 Å². The van der Waals surface area contributed by atoms with E-state index in [1.165, 1.54) is 0 Å². The summed E-state index contributed by atoms with van der Waals surface area (Å²) >= 11 is 0. The van der Waals surface area contributed by atoms with Gasteiger partial charge >= 0.3 is 64.3 Å². The maximum Gasteiger partial charge on any atom is 1.00 e. The molecule has 0 heterocycles. The number of ether oxygens (including phenoxy) is 1. The Hall–Kier alpha value is 0.111. The monoisotopic (exact) mass is 260 g/mol. The van der Waals surface area contributed by atoms with Gasteiger partial charge in [0.05, 0.1) is 18.5 Å². The second kappa shape index (κ2) is 6.15. The van der Waals surface area contributed by atoms with Crippen molar-refractivity contribution in [2.75, 3.05) is 7.11 Å². The predicted octanol–water partition coefficient (Wildman–Crippen LogP) is -1.33. The number of hydrogen-bond acceptors (Lipinski definition) is 2. The first-order valence-electron chi connectivity index (χ1n) is 3.94. The van der Waals surface area contributed by atoms with Crippen LogP contribution in [-0.2, 0) is 4.74 Å². The van der Waals surface area contributed by atoms with E-state index in [-0.39, 0.29) is 56.9 Å². The van der Waals surface area contributed by atoms with Crippen LogP contribution in [-0.4, -0.2) is 20.1 Å². The van der Waals surface area contributed by atoms with Crippen molar-refractivity contribution in [2.45, 2.75) is 0 Å². The van der Waals surface area contributed by atoms with Crippen LogP contribution < -0.4 is 56.8 Å². The van der Waals surface area contributed by atoms with E-state index in [0.717, 1.165) is 13.2 Å². The van der Waals surface area contributed by atoms with Crippen LogP contribution in [0.1, 0.15) is 10.4 Å². The summed E-state index contributed by atoms with van der Waals surface area (Å²) in [5, 5.41) is 0. The number of halogens is 4. The molecule has 1 rings (SSSR count). The number of carbonyl (C=O) groups excluding carboxylic acids is 1. The number of methoxy groups -OCH3 is 1. The van der Waals surface area contributed by atoms with Crippen molar-refractivity contribution >= 4 is 18.4 Å². The molecule has 16 heavy (non-hydrogen) atoms. The number of carbonyl (C=O) groups is 1. The van der Waals surface area contributed by atoms with E-state index in [0.29, 0.717) is 12.1 Å². The van der Waals surface area contributed by atoms with Crippen LogP contribution in [0.2, 0.25) is 0 Å². The van der Waals surface area contributed by atoms with Gasteiger partial charge in [0, 0.05) is 0 Å². The fourth-order valence-corrected chi connectivity index (χ4v) is 1.04. The maximum atomic E-state index is 12.8. The molecule has 0 unspecified atom stereocenters. The summed E-state index contributed by atoms with van der Waals surface area (Å²) in [5.41, 5.74) is -1.74. The molecule has 0 aliphatic rings. The number of benzene rings is 1. The summed E-state index contributed by atoms with van der Waals surface area (Å²) in [6.07, 6.45) is 0. The van der Waals surface area contributed by atoms with E-state index in [1.807, 2.05) is 0 Å². The van der Waals surface area contributed by atoms with Gasteiger partial charge in [-0.1, -0.05) is 11.5 Å². The van der Waals surface area contributed by atoms with Crippen LogP contribution >= 0.6 is 0 Å². The minimum atomic E-state index is -5.47. The van der Waals surface area contributed by atoms with Gasteiger partial charge in [-0.25, -0.2) is 9.18 Å². The van der Waals surface area contributed by atoms with Crippen molar-refractivity contribution in [1.82, 2.24) is 0 Å². The standard InChI is InChI=1S/C8H6BF4O2.K/c1-15-8(14)5-2-3-7(10)6(4-5)9(11,12)13;/h2-4H,1H3;/q-1;+1. The molecule has 0 aliphatic heterocycles. The zero-order valence-corrected chi connectivity index (χ0v) is 11.8. The van der Waals surface area contributed by atoms with E-state index >= 15 is 0 Å². The van der Waals surface area contributed by atoms with Crippen LogP contribution in [0.15, 0.2) is 18.2 Å². The van der Waals surface area contributed by atoms with Crippen LogP contribution in [0.3, 0.4) is 0 Å². The molecule has 0 N–H and O–H groups in total. The van der Waals surface area contributed by atoms with Crippen molar-refractivity contribution in [2.24, 2.45) is 0 Å². The van der Waals surface area contributed by atoms with Crippen molar-refractivity contribution in [3.63, 3.8) is 0 Å². The van der Waals surface area contributed by atoms with Crippen molar-refractivity contribution < 1.29 is 78.3 Å². The Morgan fingerprint density at radius 3 is 2.31 bits per heavy atom. The summed E-state index contributed by atoms with van der Waals surface area (Å²) in [4.78, 5) is 10.9. The second-order valence-corrected chi connectivity index (χ2v) is 2.80. The molecule has 8 heteroatoms. The van der Waals surface area contributed by atoms with Crippen LogP contribution in [0.25, 0.3) is 0 Å². The molecule has 1 aromatic carbocycles. The summed E-state index contributed by atoms with van der Waals surface area (Å²) in [7, 11) is 1.03. The maximum absolute atomic E-state index is 12.8. The molecule has 0 aromatic heterocycles. The van der Waals surface area contributed by atoms with Gasteiger partial charge in [-0.2, -0.15) is 0 Å². The van der Waals surface area contributed by atoms with Crippen LogP contribution in [0, 0.1) is 5.82 Å². The van der Waals surface area contributed by atoms with Crippen molar-refractivity contribution in [3.05, 3.63) is 29.6 Å². The molecular formula is C8H6BF4KO2. The first-order chi connectivity index (χ1) is 6.86. The topological polar surface area (TPSA) is 26.3 Å². The van der Waals surface area contributed by atoms with Gasteiger partial charge in [-0.15, -0.1) is 0 Å². The Morgan fingerprint density at radius 2 is 1.88 bits per heavy atom. The SMILES string of the molecule is COC(=O)c1ccc(F)c([B-](F)(F)F)c1.[K+]. The predicted molar refractivity (Wildman–Crippen MR) is 46.5 cm³/mol. The second-order valence-electron chi connectivity index (χ2n) is 2.80. The fraction of sp³-hybridized carbons (Fsp3) is 0.125. The first kappa shape index (κ1) is 16.1. The third kappa shape index (κ3) is 3.85. The minimum absolute atomic E-state index is 0. The summed E-state index contributed by atoms with van der Waals surface area (Å²) in [5.74, 6) is -2.33. The molecule has 0 spiro atoms. The molecule has 2 nitrogen and oxygen atoms in total. The van der Waals surface area contributed by atoms with Gasteiger partial charge in [0.25, 0.3) is 0 Å². The molecule has 0 saturated carbocycles. The van der Waals surface area contributed by atoms with Gasteiger partial charge in [0.1, 0.15) is 0 Å². The van der Waals surface area contributed by atoms with Gasteiger partial charge in [-0.05, 0) is 12.1 Å². The van der Waals surface area contributed by atoms with Gasteiger partial charge in [0.2, 0.25) is 0 Å². The number of rotatable bonds is 2. The smallest absolute Gasteiger partial charge is 0.465 e. The normalized spacial score (nSPS) is 10.6.